The Morgan fingerprint density at radius 1 is 1.09 bits per heavy atom. The second kappa shape index (κ2) is 14.3. The summed E-state index contributed by atoms with van der Waals surface area (Å²) < 4.78 is 35.8. The van der Waals surface area contributed by atoms with Crippen LogP contribution in [0.15, 0.2) is 36.4 Å². The lowest BCUT2D eigenvalue weighted by molar-refractivity contribution is -0.778. The predicted octanol–water partition coefficient (Wildman–Crippen LogP) is 1.68. The number of hydrogen-bond acceptors (Lipinski definition) is 14. The third-order valence-corrected chi connectivity index (χ3v) is 8.14. The fourth-order valence-electron chi connectivity index (χ4n) is 4.97. The first-order chi connectivity index (χ1) is 21.9. The first-order valence-corrected chi connectivity index (χ1v) is 15.6. The van der Waals surface area contributed by atoms with Crippen molar-refractivity contribution in [3.05, 3.63) is 73.3 Å². The van der Waals surface area contributed by atoms with E-state index in [1.807, 2.05) is 0 Å². The number of ether oxygens (including phenoxy) is 2. The SMILES string of the molecule is CCOc1cc(C(CS(C)(=O)=O)N2C(=O)c3cccc(NC(=O)CC(CO[N+](=O)[O-])(C(=O)O)C(C)O[N+](=O)[O-])c3C2=O)ccc1OC. The van der Waals surface area contributed by atoms with Crippen molar-refractivity contribution in [2.75, 3.05) is 37.6 Å². The number of benzene rings is 2. The van der Waals surface area contributed by atoms with Gasteiger partial charge in [0.05, 0.1) is 42.3 Å². The Bertz CT molecular complexity index is 1710. The Morgan fingerprint density at radius 2 is 1.77 bits per heavy atom. The Hall–Kier alpha value is -5.53. The highest BCUT2D eigenvalue weighted by Gasteiger charge is 2.50. The van der Waals surface area contributed by atoms with E-state index in [4.69, 9.17) is 9.47 Å². The van der Waals surface area contributed by atoms with Gasteiger partial charge in [0.25, 0.3) is 22.0 Å². The van der Waals surface area contributed by atoms with Gasteiger partial charge >= 0.3 is 5.97 Å². The van der Waals surface area contributed by atoms with E-state index in [0.29, 0.717) is 10.6 Å². The molecule has 0 saturated carbocycles. The zero-order valence-electron chi connectivity index (χ0n) is 25.4. The molecule has 0 spiro atoms. The molecule has 2 N–H and O–H groups in total. The van der Waals surface area contributed by atoms with Crippen molar-refractivity contribution in [2.24, 2.45) is 5.41 Å². The fraction of sp³-hybridized carbons (Fsp3) is 0.407. The highest BCUT2D eigenvalue weighted by Crippen LogP contribution is 2.39. The van der Waals surface area contributed by atoms with Gasteiger partial charge in [-0.15, -0.1) is 20.2 Å². The van der Waals surface area contributed by atoms with Crippen LogP contribution in [0, 0.1) is 25.6 Å². The van der Waals surface area contributed by atoms with Crippen molar-refractivity contribution in [1.82, 2.24) is 4.90 Å². The number of methoxy groups -OCH3 is 1. The number of fused-ring (bicyclic) bond motifs is 1. The molecule has 1 aliphatic rings. The number of carbonyl (C=O) groups excluding carboxylic acids is 3. The Balaban J connectivity index is 2.04. The summed E-state index contributed by atoms with van der Waals surface area (Å²) in [4.78, 5) is 83.9. The van der Waals surface area contributed by atoms with Gasteiger partial charge in [-0.25, -0.2) is 8.42 Å². The van der Waals surface area contributed by atoms with Crippen LogP contribution in [-0.4, -0.2) is 90.7 Å². The van der Waals surface area contributed by atoms with Gasteiger partial charge in [0.2, 0.25) is 5.91 Å². The van der Waals surface area contributed by atoms with E-state index in [0.717, 1.165) is 13.2 Å². The van der Waals surface area contributed by atoms with Crippen molar-refractivity contribution >= 4 is 39.2 Å². The van der Waals surface area contributed by atoms with Crippen molar-refractivity contribution in [3.63, 3.8) is 0 Å². The number of amides is 3. The van der Waals surface area contributed by atoms with Gasteiger partial charge in [-0.05, 0) is 43.7 Å². The molecule has 1 aliphatic heterocycles. The topological polar surface area (TPSA) is 261 Å². The monoisotopic (exact) mass is 682 g/mol. The van der Waals surface area contributed by atoms with E-state index in [1.165, 1.54) is 43.5 Å². The molecule has 0 saturated heterocycles. The summed E-state index contributed by atoms with van der Waals surface area (Å²) in [6.07, 6.45) is -2.20. The van der Waals surface area contributed by atoms with Crippen LogP contribution in [0.4, 0.5) is 5.69 Å². The van der Waals surface area contributed by atoms with Crippen LogP contribution in [-0.2, 0) is 29.1 Å². The zero-order valence-corrected chi connectivity index (χ0v) is 26.2. The summed E-state index contributed by atoms with van der Waals surface area (Å²) in [7, 11) is -2.45. The molecule has 3 amide bonds. The van der Waals surface area contributed by atoms with Crippen molar-refractivity contribution in [1.29, 1.82) is 0 Å². The van der Waals surface area contributed by atoms with Gasteiger partial charge in [-0.1, -0.05) is 12.1 Å². The average Bonchev–Trinajstić information content (AvgIpc) is 3.22. The van der Waals surface area contributed by atoms with Crippen LogP contribution in [0.5, 0.6) is 11.5 Å². The molecular formula is C27H30N4O15S. The summed E-state index contributed by atoms with van der Waals surface area (Å²) in [5.74, 6) is -5.19. The number of rotatable bonds is 17. The zero-order chi connectivity index (χ0) is 35.3. The number of carboxylic acids is 1. The highest BCUT2D eigenvalue weighted by molar-refractivity contribution is 7.90. The first kappa shape index (κ1) is 35.9. The van der Waals surface area contributed by atoms with Gasteiger partial charge in [-0.3, -0.25) is 24.1 Å². The van der Waals surface area contributed by atoms with Crippen LogP contribution in [0.1, 0.15) is 52.6 Å². The predicted molar refractivity (Wildman–Crippen MR) is 157 cm³/mol. The smallest absolute Gasteiger partial charge is 0.314 e. The molecule has 47 heavy (non-hydrogen) atoms. The normalized spacial score (nSPS) is 15.1. The van der Waals surface area contributed by atoms with Gasteiger partial charge in [0, 0.05) is 12.7 Å². The summed E-state index contributed by atoms with van der Waals surface area (Å²) in [6, 6.07) is 6.72. The molecule has 1 heterocycles. The molecule has 2 aromatic rings. The molecule has 0 radical (unpaired) electrons. The lowest BCUT2D eigenvalue weighted by atomic mass is 9.80. The van der Waals surface area contributed by atoms with E-state index < -0.39 is 80.0 Å². The highest BCUT2D eigenvalue weighted by atomic mass is 32.2. The Kier molecular flexibility index (Phi) is 10.9. The van der Waals surface area contributed by atoms with E-state index >= 15 is 0 Å². The molecule has 0 bridgehead atoms. The quantitative estimate of drug-likeness (QED) is 0.137. The van der Waals surface area contributed by atoms with Crippen LogP contribution in [0.25, 0.3) is 0 Å². The number of aliphatic carboxylic acids is 1. The molecule has 19 nitrogen and oxygen atoms in total. The van der Waals surface area contributed by atoms with E-state index in [9.17, 15) is 52.9 Å². The molecule has 2 aromatic carbocycles. The molecule has 3 unspecified atom stereocenters. The summed E-state index contributed by atoms with van der Waals surface area (Å²) in [5.41, 5.74) is -3.34. The van der Waals surface area contributed by atoms with Crippen LogP contribution < -0.4 is 14.8 Å². The van der Waals surface area contributed by atoms with E-state index in [1.54, 1.807) is 6.92 Å². The van der Waals surface area contributed by atoms with Crippen LogP contribution in [0.2, 0.25) is 0 Å². The molecule has 3 atom stereocenters. The minimum atomic E-state index is -3.83. The van der Waals surface area contributed by atoms with E-state index in [-0.39, 0.29) is 34.7 Å². The summed E-state index contributed by atoms with van der Waals surface area (Å²) in [5, 5.41) is 31.2. The van der Waals surface area contributed by atoms with Crippen LogP contribution in [0.3, 0.4) is 0 Å². The summed E-state index contributed by atoms with van der Waals surface area (Å²) >= 11 is 0. The minimum absolute atomic E-state index is 0.205. The largest absolute Gasteiger partial charge is 0.493 e. The number of anilines is 1. The van der Waals surface area contributed by atoms with Gasteiger partial charge < -0.3 is 29.6 Å². The molecule has 3 rings (SSSR count). The average molecular weight is 683 g/mol. The molecular weight excluding hydrogens is 652 g/mol. The maximum Gasteiger partial charge on any atom is 0.314 e. The number of carboxylic acid groups (broad SMARTS) is 1. The third-order valence-electron chi connectivity index (χ3n) is 7.22. The minimum Gasteiger partial charge on any atom is -0.493 e. The number of sulfone groups is 1. The van der Waals surface area contributed by atoms with Crippen molar-refractivity contribution in [2.45, 2.75) is 32.4 Å². The number of imide groups is 1. The van der Waals surface area contributed by atoms with Gasteiger partial charge in [-0.2, -0.15) is 0 Å². The standard InChI is InChI=1S/C27H30N4O15S/c1-5-44-21-11-16(9-10-20(21)43-3)19(13-47(4,41)42)29-24(33)17-7-6-8-18(23(17)25(29)34)28-22(32)12-27(26(35)36,14-45-30(37)38)15(2)46-31(39)40/h6-11,15,19H,5,12-14H2,1-4H3,(H,28,32)(H,35,36). The van der Waals surface area contributed by atoms with Crippen molar-refractivity contribution in [3.8, 4) is 11.5 Å². The van der Waals surface area contributed by atoms with Gasteiger partial charge in [0.15, 0.2) is 11.5 Å². The molecule has 0 aliphatic carbocycles. The number of nitrogens with one attached hydrogen (secondary N) is 1. The number of carbonyl (C=O) groups is 4. The van der Waals surface area contributed by atoms with Crippen molar-refractivity contribution < 1.29 is 62.0 Å². The van der Waals surface area contributed by atoms with E-state index in [2.05, 4.69) is 15.0 Å². The Morgan fingerprint density at radius 3 is 2.32 bits per heavy atom. The molecule has 0 fully saturated rings. The maximum atomic E-state index is 13.9. The third kappa shape index (κ3) is 8.01. The summed E-state index contributed by atoms with van der Waals surface area (Å²) in [6.45, 7) is 1.48. The number of nitrogens with zero attached hydrogens (tertiary/aromatic N) is 3. The second-order valence-electron chi connectivity index (χ2n) is 10.3. The fourth-order valence-corrected chi connectivity index (χ4v) is 5.88. The van der Waals surface area contributed by atoms with Gasteiger partial charge in [0.1, 0.15) is 28.0 Å². The molecule has 20 heteroatoms. The number of hydrogen-bond donors (Lipinski definition) is 2. The first-order valence-electron chi connectivity index (χ1n) is 13.6. The molecule has 254 valence electrons. The lowest BCUT2D eigenvalue weighted by Gasteiger charge is -2.32. The van der Waals surface area contributed by atoms with Crippen LogP contribution >= 0.6 is 0 Å². The second-order valence-corrected chi connectivity index (χ2v) is 12.5. The lowest BCUT2D eigenvalue weighted by Crippen LogP contribution is -2.49. The Labute approximate surface area is 266 Å². The molecule has 0 aromatic heterocycles. The maximum absolute atomic E-state index is 13.9.